The largest absolute Gasteiger partial charge is 0.494 e. The molecule has 9 heteroatoms. The lowest BCUT2D eigenvalue weighted by molar-refractivity contribution is 0.0755. The van der Waals surface area contributed by atoms with E-state index >= 15 is 0 Å². The van der Waals surface area contributed by atoms with Crippen LogP contribution < -0.4 is 19.8 Å². The SMILES string of the molecule is COc1cnc(OC2CCC(Oc3cc(C4=CCOCC4)cc4ncc(=O)n(C)c34)CC2)nc1. The molecule has 0 bridgehead atoms. The Morgan fingerprint density at radius 1 is 1.00 bits per heavy atom. The monoisotopic (exact) mass is 464 g/mol. The van der Waals surface area contributed by atoms with Crippen LogP contribution in [0.2, 0.25) is 0 Å². The number of hydrogen-bond donors (Lipinski definition) is 0. The fourth-order valence-electron chi connectivity index (χ4n) is 4.48. The second-order valence-electron chi connectivity index (χ2n) is 8.59. The Morgan fingerprint density at radius 2 is 1.74 bits per heavy atom. The van der Waals surface area contributed by atoms with Gasteiger partial charge in [0.05, 0.1) is 50.5 Å². The van der Waals surface area contributed by atoms with Crippen molar-refractivity contribution in [2.75, 3.05) is 20.3 Å². The Morgan fingerprint density at radius 3 is 2.41 bits per heavy atom. The summed E-state index contributed by atoms with van der Waals surface area (Å²) in [5, 5.41) is 0. The lowest BCUT2D eigenvalue weighted by atomic mass is 9.94. The van der Waals surface area contributed by atoms with Gasteiger partial charge in [-0.25, -0.2) is 4.98 Å². The predicted octanol–water partition coefficient (Wildman–Crippen LogP) is 3.30. The Labute approximate surface area is 197 Å². The number of fused-ring (bicyclic) bond motifs is 1. The molecule has 2 aliphatic rings. The molecule has 0 N–H and O–H groups in total. The molecule has 9 nitrogen and oxygen atoms in total. The Hall–Kier alpha value is -3.46. The average molecular weight is 465 g/mol. The van der Waals surface area contributed by atoms with Crippen molar-refractivity contribution in [3.8, 4) is 17.5 Å². The first-order chi connectivity index (χ1) is 16.6. The topological polar surface area (TPSA) is 97.6 Å². The van der Waals surface area contributed by atoms with E-state index < -0.39 is 0 Å². The highest BCUT2D eigenvalue weighted by atomic mass is 16.5. The van der Waals surface area contributed by atoms with Gasteiger partial charge in [0, 0.05) is 7.05 Å². The summed E-state index contributed by atoms with van der Waals surface area (Å²) in [6.45, 7) is 1.30. The maximum absolute atomic E-state index is 12.3. The molecule has 1 fully saturated rings. The quantitative estimate of drug-likeness (QED) is 0.548. The molecule has 1 aliphatic heterocycles. The van der Waals surface area contributed by atoms with Gasteiger partial charge in [0.2, 0.25) is 0 Å². The Kier molecular flexibility index (Phi) is 6.44. The minimum atomic E-state index is -0.160. The number of hydrogen-bond acceptors (Lipinski definition) is 8. The predicted molar refractivity (Wildman–Crippen MR) is 126 cm³/mol. The van der Waals surface area contributed by atoms with Crippen LogP contribution in [0.1, 0.15) is 37.7 Å². The molecule has 0 unspecified atom stereocenters. The molecule has 0 atom stereocenters. The maximum Gasteiger partial charge on any atom is 0.316 e. The van der Waals surface area contributed by atoms with Crippen molar-refractivity contribution >= 4 is 16.6 Å². The Bertz CT molecular complexity index is 1250. The minimum Gasteiger partial charge on any atom is -0.494 e. The van der Waals surface area contributed by atoms with Crippen molar-refractivity contribution in [2.45, 2.75) is 44.3 Å². The van der Waals surface area contributed by atoms with Crippen molar-refractivity contribution in [3.05, 3.63) is 52.7 Å². The summed E-state index contributed by atoms with van der Waals surface area (Å²) in [4.78, 5) is 25.1. The van der Waals surface area contributed by atoms with Gasteiger partial charge in [-0.1, -0.05) is 6.08 Å². The smallest absolute Gasteiger partial charge is 0.316 e. The normalized spacial score (nSPS) is 20.6. The van der Waals surface area contributed by atoms with Gasteiger partial charge >= 0.3 is 6.01 Å². The van der Waals surface area contributed by atoms with Gasteiger partial charge in [0.15, 0.2) is 5.75 Å². The van der Waals surface area contributed by atoms with E-state index in [-0.39, 0.29) is 17.8 Å². The third kappa shape index (κ3) is 4.75. The number of rotatable bonds is 6. The van der Waals surface area contributed by atoms with Gasteiger partial charge in [0.1, 0.15) is 17.4 Å². The molecule has 5 rings (SSSR count). The molecule has 0 radical (unpaired) electrons. The highest BCUT2D eigenvalue weighted by molar-refractivity contribution is 5.86. The molecule has 3 heterocycles. The third-order valence-electron chi connectivity index (χ3n) is 6.40. The lowest BCUT2D eigenvalue weighted by Crippen LogP contribution is -2.30. The summed E-state index contributed by atoms with van der Waals surface area (Å²) >= 11 is 0. The summed E-state index contributed by atoms with van der Waals surface area (Å²) < 4.78 is 24.6. The van der Waals surface area contributed by atoms with Gasteiger partial charge in [-0.3, -0.25) is 4.79 Å². The summed E-state index contributed by atoms with van der Waals surface area (Å²) in [5.41, 5.74) is 3.58. The van der Waals surface area contributed by atoms with Gasteiger partial charge in [0.25, 0.3) is 5.56 Å². The van der Waals surface area contributed by atoms with Crippen LogP contribution in [0.4, 0.5) is 0 Å². The van der Waals surface area contributed by atoms with Crippen LogP contribution in [0.25, 0.3) is 16.6 Å². The van der Waals surface area contributed by atoms with Gasteiger partial charge in [-0.05, 0) is 55.4 Å². The maximum atomic E-state index is 12.3. The van der Waals surface area contributed by atoms with Crippen LogP contribution in [0.15, 0.2) is 41.6 Å². The summed E-state index contributed by atoms with van der Waals surface area (Å²) in [7, 11) is 3.33. The zero-order chi connectivity index (χ0) is 23.5. The van der Waals surface area contributed by atoms with E-state index in [1.54, 1.807) is 31.1 Å². The second kappa shape index (κ2) is 9.80. The fraction of sp³-hybridized carbons (Fsp3) is 0.440. The minimum absolute atomic E-state index is 0.0223. The zero-order valence-corrected chi connectivity index (χ0v) is 19.4. The molecular formula is C25H28N4O5. The molecule has 34 heavy (non-hydrogen) atoms. The lowest BCUT2D eigenvalue weighted by Gasteiger charge is -2.29. The van der Waals surface area contributed by atoms with E-state index in [0.717, 1.165) is 43.2 Å². The van der Waals surface area contributed by atoms with E-state index in [1.807, 2.05) is 12.1 Å². The van der Waals surface area contributed by atoms with E-state index in [9.17, 15) is 4.79 Å². The molecule has 0 spiro atoms. The molecule has 2 aromatic heterocycles. The molecule has 0 amide bonds. The van der Waals surface area contributed by atoms with Gasteiger partial charge in [-0.2, -0.15) is 9.97 Å². The van der Waals surface area contributed by atoms with Crippen LogP contribution in [0, 0.1) is 0 Å². The van der Waals surface area contributed by atoms with Crippen molar-refractivity contribution in [2.24, 2.45) is 7.05 Å². The molecule has 3 aromatic rings. The zero-order valence-electron chi connectivity index (χ0n) is 19.4. The first-order valence-electron chi connectivity index (χ1n) is 11.6. The number of aromatic nitrogens is 4. The van der Waals surface area contributed by atoms with E-state index in [2.05, 4.69) is 21.0 Å². The number of aryl methyl sites for hydroxylation is 1. The highest BCUT2D eigenvalue weighted by Crippen LogP contribution is 2.34. The second-order valence-corrected chi connectivity index (χ2v) is 8.59. The van der Waals surface area contributed by atoms with E-state index in [4.69, 9.17) is 18.9 Å². The van der Waals surface area contributed by atoms with Crippen LogP contribution in [0.5, 0.6) is 17.5 Å². The first-order valence-corrected chi connectivity index (χ1v) is 11.6. The molecule has 1 aliphatic carbocycles. The van der Waals surface area contributed by atoms with Gasteiger partial charge in [-0.15, -0.1) is 0 Å². The number of nitrogens with zero attached hydrogens (tertiary/aromatic N) is 4. The molecule has 0 saturated heterocycles. The first kappa shape index (κ1) is 22.3. The highest BCUT2D eigenvalue weighted by Gasteiger charge is 2.26. The van der Waals surface area contributed by atoms with E-state index in [1.165, 1.54) is 11.8 Å². The molecular weight excluding hydrogens is 436 g/mol. The Balaban J connectivity index is 1.33. The number of ether oxygens (including phenoxy) is 4. The van der Waals surface area contributed by atoms with Crippen molar-refractivity contribution < 1.29 is 18.9 Å². The van der Waals surface area contributed by atoms with E-state index in [0.29, 0.717) is 36.2 Å². The van der Waals surface area contributed by atoms with Crippen LogP contribution in [-0.4, -0.2) is 52.1 Å². The average Bonchev–Trinajstić information content (AvgIpc) is 2.88. The summed E-state index contributed by atoms with van der Waals surface area (Å²) in [6, 6.07) is 4.42. The summed E-state index contributed by atoms with van der Waals surface area (Å²) in [6.07, 6.45) is 10.9. The summed E-state index contributed by atoms with van der Waals surface area (Å²) in [5.74, 6) is 1.29. The van der Waals surface area contributed by atoms with Crippen LogP contribution >= 0.6 is 0 Å². The van der Waals surface area contributed by atoms with Crippen LogP contribution in [0.3, 0.4) is 0 Å². The van der Waals surface area contributed by atoms with Crippen molar-refractivity contribution in [1.82, 2.24) is 19.5 Å². The standard InChI is InChI=1S/C25H28N4O5/c1-29-23(30)15-26-21-11-17(16-7-9-32-10-8-16)12-22(24(21)29)33-18-3-5-19(6-4-18)34-25-27-13-20(31-2)14-28-25/h7,11-15,18-19H,3-6,8-10H2,1-2H3. The molecule has 178 valence electrons. The van der Waals surface area contributed by atoms with Crippen molar-refractivity contribution in [1.29, 1.82) is 0 Å². The number of benzene rings is 1. The third-order valence-corrected chi connectivity index (χ3v) is 6.40. The fourth-order valence-corrected chi connectivity index (χ4v) is 4.48. The van der Waals surface area contributed by atoms with Gasteiger partial charge < -0.3 is 23.5 Å². The molecule has 1 aromatic carbocycles. The number of methoxy groups -OCH3 is 1. The van der Waals surface area contributed by atoms with Crippen LogP contribution in [-0.2, 0) is 11.8 Å². The molecule has 1 saturated carbocycles. The van der Waals surface area contributed by atoms with Crippen molar-refractivity contribution in [3.63, 3.8) is 0 Å².